The van der Waals surface area contributed by atoms with Gasteiger partial charge in [-0.05, 0) is 18.2 Å². The van der Waals surface area contributed by atoms with E-state index in [-0.39, 0.29) is 11.4 Å². The molecule has 0 bridgehead atoms. The highest BCUT2D eigenvalue weighted by atomic mass is 79.9. The highest BCUT2D eigenvalue weighted by molar-refractivity contribution is 9.10. The molecule has 2 N–H and O–H groups in total. The molecule has 2 rings (SSSR count). The maximum absolute atomic E-state index is 13.6. The number of benzene rings is 1. The summed E-state index contributed by atoms with van der Waals surface area (Å²) in [6.07, 6.45) is 2.80. The fourth-order valence-electron chi connectivity index (χ4n) is 1.37. The Morgan fingerprint density at radius 1 is 1.37 bits per heavy atom. The number of carbonyl (C=O) groups excluding carboxylic acids is 1. The van der Waals surface area contributed by atoms with E-state index in [0.29, 0.717) is 10.3 Å². The van der Waals surface area contributed by atoms with Crippen molar-refractivity contribution in [3.8, 4) is 0 Å². The number of nitrogens with one attached hydrogen (secondary N) is 2. The lowest BCUT2D eigenvalue weighted by molar-refractivity contribution is 0.102. The molecule has 1 amide bonds. The van der Waals surface area contributed by atoms with Crippen molar-refractivity contribution in [1.82, 2.24) is 9.97 Å². The third kappa shape index (κ3) is 3.25. The summed E-state index contributed by atoms with van der Waals surface area (Å²) in [5.74, 6) is -0.588. The number of hydrogen-bond donors (Lipinski definition) is 2. The van der Waals surface area contributed by atoms with Crippen molar-refractivity contribution < 1.29 is 9.18 Å². The lowest BCUT2D eigenvalue weighted by Crippen LogP contribution is -2.15. The summed E-state index contributed by atoms with van der Waals surface area (Å²) in [5, 5.41) is 5.21. The molecule has 0 fully saturated rings. The topological polar surface area (TPSA) is 66.9 Å². The average Bonchev–Trinajstić information content (AvgIpc) is 2.42. The summed E-state index contributed by atoms with van der Waals surface area (Å²) in [4.78, 5) is 19.8. The van der Waals surface area contributed by atoms with Gasteiger partial charge in [-0.3, -0.25) is 9.78 Å². The third-order valence-electron chi connectivity index (χ3n) is 2.30. The van der Waals surface area contributed by atoms with E-state index >= 15 is 0 Å². The van der Waals surface area contributed by atoms with Crippen molar-refractivity contribution in [1.29, 1.82) is 0 Å². The van der Waals surface area contributed by atoms with E-state index in [4.69, 9.17) is 0 Å². The van der Waals surface area contributed by atoms with Gasteiger partial charge in [0.1, 0.15) is 17.3 Å². The number of anilines is 2. The summed E-state index contributed by atoms with van der Waals surface area (Å²) in [7, 11) is 1.67. The van der Waals surface area contributed by atoms with E-state index in [2.05, 4.69) is 36.5 Å². The summed E-state index contributed by atoms with van der Waals surface area (Å²) in [5.41, 5.74) is 0.194. The number of halogens is 2. The van der Waals surface area contributed by atoms with Gasteiger partial charge in [-0.2, -0.15) is 0 Å². The van der Waals surface area contributed by atoms with Crippen molar-refractivity contribution in [2.24, 2.45) is 0 Å². The Balaban J connectivity index is 2.20. The highest BCUT2D eigenvalue weighted by Gasteiger charge is 2.11. The molecule has 5 nitrogen and oxygen atoms in total. The van der Waals surface area contributed by atoms with Gasteiger partial charge in [-0.15, -0.1) is 0 Å². The molecule has 1 aromatic heterocycles. The first-order chi connectivity index (χ1) is 9.10. The summed E-state index contributed by atoms with van der Waals surface area (Å²) in [6, 6.07) is 4.37. The summed E-state index contributed by atoms with van der Waals surface area (Å²) in [6.45, 7) is 0. The van der Waals surface area contributed by atoms with Gasteiger partial charge in [0.05, 0.1) is 18.1 Å². The molecule has 1 aromatic carbocycles. The van der Waals surface area contributed by atoms with Crippen LogP contribution in [0.25, 0.3) is 0 Å². The fraction of sp³-hybridized carbons (Fsp3) is 0.0833. The predicted molar refractivity (Wildman–Crippen MR) is 73.6 cm³/mol. The number of rotatable bonds is 3. The Morgan fingerprint density at radius 2 is 2.16 bits per heavy atom. The van der Waals surface area contributed by atoms with E-state index in [1.165, 1.54) is 24.5 Å². The van der Waals surface area contributed by atoms with E-state index in [1.54, 1.807) is 13.1 Å². The van der Waals surface area contributed by atoms with Crippen LogP contribution < -0.4 is 10.6 Å². The minimum Gasteiger partial charge on any atom is -0.372 e. The lowest BCUT2D eigenvalue weighted by atomic mass is 10.3. The SMILES string of the molecule is CNc1cncc(C(=O)Nc2ccc(Br)cc2F)n1. The second-order valence-electron chi connectivity index (χ2n) is 3.62. The van der Waals surface area contributed by atoms with Crippen LogP contribution in [0.5, 0.6) is 0 Å². The smallest absolute Gasteiger partial charge is 0.276 e. The molecule has 0 aliphatic carbocycles. The van der Waals surface area contributed by atoms with Gasteiger partial charge in [0.15, 0.2) is 0 Å². The van der Waals surface area contributed by atoms with Crippen molar-refractivity contribution in [2.75, 3.05) is 17.7 Å². The predicted octanol–water partition coefficient (Wildman–Crippen LogP) is 2.67. The number of hydrogen-bond acceptors (Lipinski definition) is 4. The van der Waals surface area contributed by atoms with Crippen molar-refractivity contribution in [3.63, 3.8) is 0 Å². The zero-order chi connectivity index (χ0) is 13.8. The quantitative estimate of drug-likeness (QED) is 0.910. The molecule has 2 aromatic rings. The summed E-state index contributed by atoms with van der Waals surface area (Å²) < 4.78 is 14.2. The molecule has 0 spiro atoms. The lowest BCUT2D eigenvalue weighted by Gasteiger charge is -2.07. The first-order valence-electron chi connectivity index (χ1n) is 5.36. The molecule has 0 saturated carbocycles. The molecule has 0 saturated heterocycles. The van der Waals surface area contributed by atoms with E-state index in [0.717, 1.165) is 0 Å². The molecule has 0 aliphatic heterocycles. The Bertz CT molecular complexity index is 620. The zero-order valence-electron chi connectivity index (χ0n) is 9.95. The van der Waals surface area contributed by atoms with Gasteiger partial charge in [0.25, 0.3) is 5.91 Å². The van der Waals surface area contributed by atoms with Crippen LogP contribution in [0, 0.1) is 5.82 Å². The van der Waals surface area contributed by atoms with Crippen LogP contribution in [0.4, 0.5) is 15.9 Å². The first-order valence-corrected chi connectivity index (χ1v) is 6.15. The van der Waals surface area contributed by atoms with Crippen LogP contribution in [0.15, 0.2) is 35.1 Å². The molecule has 0 aliphatic rings. The molecule has 1 heterocycles. The second-order valence-corrected chi connectivity index (χ2v) is 4.53. The molecular weight excluding hydrogens is 315 g/mol. The maximum atomic E-state index is 13.6. The van der Waals surface area contributed by atoms with Gasteiger partial charge in [-0.25, -0.2) is 9.37 Å². The van der Waals surface area contributed by atoms with Crippen LogP contribution in [0.2, 0.25) is 0 Å². The van der Waals surface area contributed by atoms with Crippen LogP contribution in [0.1, 0.15) is 10.5 Å². The Morgan fingerprint density at radius 3 is 2.84 bits per heavy atom. The molecule has 7 heteroatoms. The van der Waals surface area contributed by atoms with Crippen LogP contribution >= 0.6 is 15.9 Å². The number of amides is 1. The minimum atomic E-state index is -0.527. The monoisotopic (exact) mass is 324 g/mol. The largest absolute Gasteiger partial charge is 0.372 e. The van der Waals surface area contributed by atoms with Gasteiger partial charge in [0, 0.05) is 11.5 Å². The molecule has 0 unspecified atom stereocenters. The zero-order valence-corrected chi connectivity index (χ0v) is 11.5. The summed E-state index contributed by atoms with van der Waals surface area (Å²) >= 11 is 3.14. The third-order valence-corrected chi connectivity index (χ3v) is 2.80. The van der Waals surface area contributed by atoms with Gasteiger partial charge >= 0.3 is 0 Å². The fourth-order valence-corrected chi connectivity index (χ4v) is 1.71. The highest BCUT2D eigenvalue weighted by Crippen LogP contribution is 2.19. The van der Waals surface area contributed by atoms with E-state index < -0.39 is 11.7 Å². The van der Waals surface area contributed by atoms with Crippen molar-refractivity contribution in [3.05, 3.63) is 46.6 Å². The van der Waals surface area contributed by atoms with Crippen molar-refractivity contribution >= 4 is 33.3 Å². The standard InChI is InChI=1S/C12H10BrFN4O/c1-15-11-6-16-5-10(17-11)12(19)18-9-3-2-7(13)4-8(9)14/h2-6H,1H3,(H,15,17)(H,18,19). The molecule has 19 heavy (non-hydrogen) atoms. The molecule has 98 valence electrons. The van der Waals surface area contributed by atoms with Crippen molar-refractivity contribution in [2.45, 2.75) is 0 Å². The second kappa shape index (κ2) is 5.75. The van der Waals surface area contributed by atoms with Gasteiger partial charge in [-0.1, -0.05) is 15.9 Å². The average molecular weight is 325 g/mol. The van der Waals surface area contributed by atoms with Crippen LogP contribution in [-0.4, -0.2) is 22.9 Å². The normalized spacial score (nSPS) is 10.1. The molecular formula is C12H10BrFN4O. The number of carbonyl (C=O) groups is 1. The molecule has 0 radical (unpaired) electrons. The Kier molecular flexibility index (Phi) is 4.06. The maximum Gasteiger partial charge on any atom is 0.276 e. The van der Waals surface area contributed by atoms with E-state index in [9.17, 15) is 9.18 Å². The van der Waals surface area contributed by atoms with E-state index in [1.807, 2.05) is 0 Å². The van der Waals surface area contributed by atoms with Gasteiger partial charge < -0.3 is 10.6 Å². The Hall–Kier alpha value is -2.02. The number of nitrogens with zero attached hydrogens (tertiary/aromatic N) is 2. The molecule has 0 atom stereocenters. The Labute approximate surface area is 117 Å². The van der Waals surface area contributed by atoms with Gasteiger partial charge in [0.2, 0.25) is 0 Å². The minimum absolute atomic E-state index is 0.0878. The van der Waals surface area contributed by atoms with Crippen LogP contribution in [0.3, 0.4) is 0 Å². The first kappa shape index (κ1) is 13.4. The number of aromatic nitrogens is 2. The van der Waals surface area contributed by atoms with Crippen LogP contribution in [-0.2, 0) is 0 Å².